The van der Waals surface area contributed by atoms with E-state index >= 15 is 0 Å². The van der Waals surface area contributed by atoms with Crippen molar-refractivity contribution in [1.29, 1.82) is 5.26 Å². The average molecular weight is 305 g/mol. The van der Waals surface area contributed by atoms with E-state index in [0.717, 1.165) is 0 Å². The van der Waals surface area contributed by atoms with Crippen molar-refractivity contribution >= 4 is 15.7 Å². The molecule has 21 heavy (non-hydrogen) atoms. The van der Waals surface area contributed by atoms with Gasteiger partial charge < -0.3 is 5.32 Å². The lowest BCUT2D eigenvalue weighted by atomic mass is 10.1. The Balaban J connectivity index is 2.23. The Bertz CT molecular complexity index is 813. The van der Waals surface area contributed by atoms with Crippen molar-refractivity contribution in [3.63, 3.8) is 0 Å². The van der Waals surface area contributed by atoms with Crippen molar-refractivity contribution in [2.45, 2.75) is 11.4 Å². The van der Waals surface area contributed by atoms with Crippen molar-refractivity contribution in [3.05, 3.63) is 59.4 Å². The van der Waals surface area contributed by atoms with Crippen LogP contribution in [0.25, 0.3) is 0 Å². The van der Waals surface area contributed by atoms with Crippen molar-refractivity contribution < 1.29 is 12.8 Å². The number of nitriles is 1. The maximum atomic E-state index is 13.1. The highest BCUT2D eigenvalue weighted by Gasteiger charge is 2.11. The van der Waals surface area contributed by atoms with E-state index in [1.807, 2.05) is 6.07 Å². The van der Waals surface area contributed by atoms with Gasteiger partial charge in [0.15, 0.2) is 0 Å². The molecule has 0 heterocycles. The monoisotopic (exact) mass is 305 g/mol. The van der Waals surface area contributed by atoms with E-state index < -0.39 is 10.0 Å². The van der Waals surface area contributed by atoms with Crippen molar-refractivity contribution in [1.82, 2.24) is 0 Å². The second-order valence-electron chi connectivity index (χ2n) is 4.35. The molecule has 0 saturated carbocycles. The first-order valence-electron chi connectivity index (χ1n) is 5.95. The van der Waals surface area contributed by atoms with Gasteiger partial charge in [-0.3, -0.25) is 0 Å². The molecular formula is C14H12FN3O2S. The number of halogens is 1. The minimum Gasteiger partial charge on any atom is -0.380 e. The molecule has 0 bridgehead atoms. The van der Waals surface area contributed by atoms with Gasteiger partial charge in [-0.05, 0) is 35.9 Å². The van der Waals surface area contributed by atoms with Crippen LogP contribution >= 0.6 is 0 Å². The molecule has 2 rings (SSSR count). The predicted molar refractivity (Wildman–Crippen MR) is 76.3 cm³/mol. The lowest BCUT2D eigenvalue weighted by Crippen LogP contribution is -2.12. The first kappa shape index (κ1) is 15.0. The highest BCUT2D eigenvalue weighted by atomic mass is 32.2. The smallest absolute Gasteiger partial charge is 0.238 e. The molecule has 0 aromatic heterocycles. The van der Waals surface area contributed by atoms with E-state index in [9.17, 15) is 12.8 Å². The summed E-state index contributed by atoms with van der Waals surface area (Å²) in [7, 11) is -3.85. The normalized spacial score (nSPS) is 10.9. The SMILES string of the molecule is N#Cc1cc(S(N)(=O)=O)ccc1NCc1cccc(F)c1. The minimum absolute atomic E-state index is 0.129. The predicted octanol–water partition coefficient (Wildman–Crippen LogP) is 1.96. The first-order chi connectivity index (χ1) is 9.90. The Hall–Kier alpha value is -2.43. The number of nitrogens with two attached hydrogens (primary N) is 1. The Labute approximate surface area is 121 Å². The molecule has 108 valence electrons. The van der Waals surface area contributed by atoms with E-state index in [4.69, 9.17) is 10.4 Å². The molecule has 0 amide bonds. The van der Waals surface area contributed by atoms with Crippen LogP contribution in [0.1, 0.15) is 11.1 Å². The van der Waals surface area contributed by atoms with Crippen LogP contribution in [-0.2, 0) is 16.6 Å². The Morgan fingerprint density at radius 3 is 2.62 bits per heavy atom. The fraction of sp³-hybridized carbons (Fsp3) is 0.0714. The summed E-state index contributed by atoms with van der Waals surface area (Å²) in [6.45, 7) is 0.307. The van der Waals surface area contributed by atoms with Gasteiger partial charge in [-0.25, -0.2) is 17.9 Å². The molecule has 0 spiro atoms. The molecule has 0 aliphatic heterocycles. The van der Waals surface area contributed by atoms with Gasteiger partial charge in [-0.15, -0.1) is 0 Å². The summed E-state index contributed by atoms with van der Waals surface area (Å²) in [5.74, 6) is -0.348. The second-order valence-corrected chi connectivity index (χ2v) is 5.91. The standard InChI is InChI=1S/C14H12FN3O2S/c15-12-3-1-2-10(6-12)9-18-14-5-4-13(21(17,19)20)7-11(14)8-16/h1-7,18H,9H2,(H2,17,19,20). The van der Waals surface area contributed by atoms with Crippen molar-refractivity contribution in [2.24, 2.45) is 5.14 Å². The zero-order chi connectivity index (χ0) is 15.5. The van der Waals surface area contributed by atoms with Crippen molar-refractivity contribution in [2.75, 3.05) is 5.32 Å². The number of hydrogen-bond donors (Lipinski definition) is 2. The summed E-state index contributed by atoms with van der Waals surface area (Å²) >= 11 is 0. The van der Waals surface area contributed by atoms with Gasteiger partial charge in [0.05, 0.1) is 16.1 Å². The van der Waals surface area contributed by atoms with E-state index in [1.54, 1.807) is 12.1 Å². The largest absolute Gasteiger partial charge is 0.380 e. The van der Waals surface area contributed by atoms with Gasteiger partial charge in [0.25, 0.3) is 0 Å². The van der Waals surface area contributed by atoms with Gasteiger partial charge in [0.2, 0.25) is 10.0 Å². The lowest BCUT2D eigenvalue weighted by Gasteiger charge is -2.09. The third kappa shape index (κ3) is 3.78. The molecule has 3 N–H and O–H groups in total. The number of hydrogen-bond acceptors (Lipinski definition) is 4. The number of sulfonamides is 1. The molecule has 0 saturated heterocycles. The summed E-state index contributed by atoms with van der Waals surface area (Å²) in [5, 5.41) is 17.0. The number of benzene rings is 2. The molecule has 0 radical (unpaired) electrons. The summed E-state index contributed by atoms with van der Waals surface area (Å²) in [4.78, 5) is -0.129. The molecule has 0 atom stereocenters. The summed E-state index contributed by atoms with van der Waals surface area (Å²) < 4.78 is 35.5. The van der Waals surface area contributed by atoms with Crippen LogP contribution in [0.4, 0.5) is 10.1 Å². The zero-order valence-corrected chi connectivity index (χ0v) is 11.7. The number of rotatable bonds is 4. The summed E-state index contributed by atoms with van der Waals surface area (Å²) in [6, 6.07) is 11.9. The third-order valence-corrected chi connectivity index (χ3v) is 3.72. The fourth-order valence-corrected chi connectivity index (χ4v) is 2.33. The van der Waals surface area contributed by atoms with Crippen LogP contribution in [0.2, 0.25) is 0 Å². The molecule has 0 aliphatic rings. The number of nitrogens with one attached hydrogen (secondary N) is 1. The molecular weight excluding hydrogens is 293 g/mol. The third-order valence-electron chi connectivity index (χ3n) is 2.81. The van der Waals surface area contributed by atoms with E-state index in [2.05, 4.69) is 5.32 Å². The van der Waals surface area contributed by atoms with Crippen LogP contribution in [0.15, 0.2) is 47.4 Å². The Morgan fingerprint density at radius 2 is 2.00 bits per heavy atom. The van der Waals surface area contributed by atoms with Gasteiger partial charge in [-0.2, -0.15) is 5.26 Å². The fourth-order valence-electron chi connectivity index (χ4n) is 1.79. The van der Waals surface area contributed by atoms with Gasteiger partial charge in [-0.1, -0.05) is 12.1 Å². The maximum Gasteiger partial charge on any atom is 0.238 e. The van der Waals surface area contributed by atoms with Crippen LogP contribution in [0, 0.1) is 17.1 Å². The molecule has 0 unspecified atom stereocenters. The Morgan fingerprint density at radius 1 is 1.24 bits per heavy atom. The molecule has 0 fully saturated rings. The highest BCUT2D eigenvalue weighted by Crippen LogP contribution is 2.20. The molecule has 2 aromatic carbocycles. The summed E-state index contributed by atoms with van der Waals surface area (Å²) in [6.07, 6.45) is 0. The molecule has 2 aromatic rings. The lowest BCUT2D eigenvalue weighted by molar-refractivity contribution is 0.597. The van der Waals surface area contributed by atoms with Gasteiger partial charge in [0, 0.05) is 6.54 Å². The van der Waals surface area contributed by atoms with E-state index in [1.165, 1.54) is 30.3 Å². The first-order valence-corrected chi connectivity index (χ1v) is 7.50. The summed E-state index contributed by atoms with van der Waals surface area (Å²) in [5.41, 5.74) is 1.31. The quantitative estimate of drug-likeness (QED) is 0.902. The molecule has 5 nitrogen and oxygen atoms in total. The molecule has 7 heteroatoms. The van der Waals surface area contributed by atoms with E-state index in [-0.39, 0.29) is 16.3 Å². The minimum atomic E-state index is -3.85. The van der Waals surface area contributed by atoms with Crippen LogP contribution in [0.5, 0.6) is 0 Å². The molecule has 0 aliphatic carbocycles. The Kier molecular flexibility index (Phi) is 4.21. The highest BCUT2D eigenvalue weighted by molar-refractivity contribution is 7.89. The maximum absolute atomic E-state index is 13.1. The van der Waals surface area contributed by atoms with E-state index in [0.29, 0.717) is 17.8 Å². The van der Waals surface area contributed by atoms with Gasteiger partial charge >= 0.3 is 0 Å². The van der Waals surface area contributed by atoms with Crippen LogP contribution < -0.4 is 10.5 Å². The number of nitrogens with zero attached hydrogens (tertiary/aromatic N) is 1. The van der Waals surface area contributed by atoms with Gasteiger partial charge in [0.1, 0.15) is 11.9 Å². The van der Waals surface area contributed by atoms with Crippen LogP contribution in [0.3, 0.4) is 0 Å². The topological polar surface area (TPSA) is 96.0 Å². The zero-order valence-electron chi connectivity index (χ0n) is 10.9. The van der Waals surface area contributed by atoms with Crippen LogP contribution in [-0.4, -0.2) is 8.42 Å². The average Bonchev–Trinajstić information content (AvgIpc) is 2.44. The van der Waals surface area contributed by atoms with Crippen molar-refractivity contribution in [3.8, 4) is 6.07 Å². The second kappa shape index (κ2) is 5.91. The number of primary sulfonamides is 1. The number of anilines is 1.